The van der Waals surface area contributed by atoms with Crippen molar-refractivity contribution in [3.8, 4) is 0 Å². The second-order valence-corrected chi connectivity index (χ2v) is 7.78. The van der Waals surface area contributed by atoms with Gasteiger partial charge in [-0.3, -0.25) is 14.5 Å². The number of rotatable bonds is 3. The molecule has 1 unspecified atom stereocenters. The number of alkyl halides is 3. The van der Waals surface area contributed by atoms with Crippen LogP contribution < -0.4 is 10.2 Å². The number of halogens is 4. The molecule has 1 atom stereocenters. The first-order valence-corrected chi connectivity index (χ1v) is 10.3. The minimum absolute atomic E-state index is 0.208. The maximum Gasteiger partial charge on any atom is 0.418 e. The van der Waals surface area contributed by atoms with Crippen LogP contribution in [-0.2, 0) is 17.4 Å². The minimum atomic E-state index is -4.63. The molecular weight excluding hydrogens is 441 g/mol. The number of amides is 2. The fourth-order valence-electron chi connectivity index (χ4n) is 3.87. The van der Waals surface area contributed by atoms with Crippen molar-refractivity contribution < 1.29 is 22.8 Å². The number of carbonyl (C=O) groups excluding carboxylic acids is 2. The molecule has 0 aliphatic carbocycles. The Kier molecular flexibility index (Phi) is 5.93. The first-order chi connectivity index (χ1) is 15.3. The molecule has 2 amide bonds. The third-order valence-electron chi connectivity index (χ3n) is 5.37. The molecule has 0 radical (unpaired) electrons. The standard InChI is InChI=1S/C24H18ClF3N2O2/c25-18-10-4-2-8-16(18)23(32)30-20-12-6-1-7-15(20)13-14-21(30)22(31)29-19-11-5-3-9-17(19)24(26,27)28/h1-12,21H,13-14H2,(H,29,31). The summed E-state index contributed by atoms with van der Waals surface area (Å²) in [4.78, 5) is 28.0. The first-order valence-electron chi connectivity index (χ1n) is 9.90. The normalized spacial score (nSPS) is 15.8. The quantitative estimate of drug-likeness (QED) is 0.526. The van der Waals surface area contributed by atoms with Crippen molar-refractivity contribution in [1.29, 1.82) is 0 Å². The van der Waals surface area contributed by atoms with Gasteiger partial charge in [0.05, 0.1) is 21.8 Å². The molecule has 3 aromatic rings. The third-order valence-corrected chi connectivity index (χ3v) is 5.70. The number of benzene rings is 3. The predicted molar refractivity (Wildman–Crippen MR) is 117 cm³/mol. The molecule has 0 spiro atoms. The number of fused-ring (bicyclic) bond motifs is 1. The number of carbonyl (C=O) groups is 2. The highest BCUT2D eigenvalue weighted by Crippen LogP contribution is 2.36. The summed E-state index contributed by atoms with van der Waals surface area (Å²) in [7, 11) is 0. The third kappa shape index (κ3) is 4.21. The highest BCUT2D eigenvalue weighted by molar-refractivity contribution is 6.34. The van der Waals surface area contributed by atoms with E-state index < -0.39 is 29.6 Å². The van der Waals surface area contributed by atoms with E-state index in [1.807, 2.05) is 12.1 Å². The highest BCUT2D eigenvalue weighted by atomic mass is 35.5. The molecule has 4 rings (SSSR count). The lowest BCUT2D eigenvalue weighted by atomic mass is 9.94. The van der Waals surface area contributed by atoms with Crippen molar-refractivity contribution in [3.05, 3.63) is 94.5 Å². The van der Waals surface area contributed by atoms with Gasteiger partial charge in [-0.1, -0.05) is 54.1 Å². The van der Waals surface area contributed by atoms with Crippen LogP contribution in [0.4, 0.5) is 24.5 Å². The molecule has 0 fully saturated rings. The van der Waals surface area contributed by atoms with Crippen molar-refractivity contribution in [1.82, 2.24) is 0 Å². The van der Waals surface area contributed by atoms with Gasteiger partial charge in [0.1, 0.15) is 6.04 Å². The van der Waals surface area contributed by atoms with Gasteiger partial charge in [-0.15, -0.1) is 0 Å². The van der Waals surface area contributed by atoms with Crippen LogP contribution in [0.1, 0.15) is 27.9 Å². The van der Waals surface area contributed by atoms with Gasteiger partial charge in [-0.2, -0.15) is 13.2 Å². The van der Waals surface area contributed by atoms with E-state index >= 15 is 0 Å². The van der Waals surface area contributed by atoms with Crippen molar-refractivity contribution in [2.75, 3.05) is 10.2 Å². The van der Waals surface area contributed by atoms with E-state index in [0.29, 0.717) is 12.1 Å². The molecule has 1 aliphatic heterocycles. The van der Waals surface area contributed by atoms with E-state index in [1.54, 1.807) is 36.4 Å². The van der Waals surface area contributed by atoms with Crippen molar-refractivity contribution in [3.63, 3.8) is 0 Å². The number of anilines is 2. The molecule has 0 aromatic heterocycles. The zero-order valence-electron chi connectivity index (χ0n) is 16.7. The average Bonchev–Trinajstić information content (AvgIpc) is 2.77. The monoisotopic (exact) mass is 458 g/mol. The molecular formula is C24H18ClF3N2O2. The van der Waals surface area contributed by atoms with Gasteiger partial charge in [0, 0.05) is 5.69 Å². The Morgan fingerprint density at radius 3 is 2.34 bits per heavy atom. The average molecular weight is 459 g/mol. The van der Waals surface area contributed by atoms with Gasteiger partial charge in [0.15, 0.2) is 0 Å². The SMILES string of the molecule is O=C(Nc1ccccc1C(F)(F)F)C1CCc2ccccc2N1C(=O)c1ccccc1Cl. The fraction of sp³-hybridized carbons (Fsp3) is 0.167. The second-order valence-electron chi connectivity index (χ2n) is 7.37. The van der Waals surface area contributed by atoms with Crippen LogP contribution in [0.15, 0.2) is 72.8 Å². The highest BCUT2D eigenvalue weighted by Gasteiger charge is 2.38. The maximum absolute atomic E-state index is 13.5. The van der Waals surface area contributed by atoms with Crippen LogP contribution >= 0.6 is 11.6 Å². The largest absolute Gasteiger partial charge is 0.418 e. The summed E-state index contributed by atoms with van der Waals surface area (Å²) in [6.45, 7) is 0. The molecule has 0 saturated carbocycles. The Labute approximate surface area is 187 Å². The molecule has 164 valence electrons. The molecule has 1 N–H and O–H groups in total. The summed E-state index contributed by atoms with van der Waals surface area (Å²) in [5, 5.41) is 2.61. The summed E-state index contributed by atoms with van der Waals surface area (Å²) in [6.07, 6.45) is -3.87. The molecule has 3 aromatic carbocycles. The van der Waals surface area contributed by atoms with Gasteiger partial charge < -0.3 is 5.32 Å². The molecule has 1 aliphatic rings. The Hall–Kier alpha value is -3.32. The molecule has 4 nitrogen and oxygen atoms in total. The number of nitrogens with one attached hydrogen (secondary N) is 1. The van der Waals surface area contributed by atoms with Crippen molar-refractivity contribution >= 4 is 34.8 Å². The molecule has 8 heteroatoms. The topological polar surface area (TPSA) is 49.4 Å². The smallest absolute Gasteiger partial charge is 0.324 e. The summed E-state index contributed by atoms with van der Waals surface area (Å²) in [5.74, 6) is -1.19. The van der Waals surface area contributed by atoms with Crippen molar-refractivity contribution in [2.24, 2.45) is 0 Å². The second kappa shape index (κ2) is 8.67. The van der Waals surface area contributed by atoms with Gasteiger partial charge in [0.2, 0.25) is 5.91 Å². The van der Waals surface area contributed by atoms with E-state index in [9.17, 15) is 22.8 Å². The van der Waals surface area contributed by atoms with E-state index in [0.717, 1.165) is 11.6 Å². The van der Waals surface area contributed by atoms with Gasteiger partial charge in [-0.05, 0) is 48.7 Å². The zero-order valence-corrected chi connectivity index (χ0v) is 17.5. The number of hydrogen-bond donors (Lipinski definition) is 1. The van der Waals surface area contributed by atoms with E-state index in [-0.39, 0.29) is 22.7 Å². The lowest BCUT2D eigenvalue weighted by Crippen LogP contribution is -2.50. The maximum atomic E-state index is 13.5. The Bertz CT molecular complexity index is 1180. The van der Waals surface area contributed by atoms with Crippen LogP contribution in [0, 0.1) is 0 Å². The minimum Gasteiger partial charge on any atom is -0.324 e. The van der Waals surface area contributed by atoms with Crippen LogP contribution in [-0.4, -0.2) is 17.9 Å². The zero-order chi connectivity index (χ0) is 22.9. The summed E-state index contributed by atoms with van der Waals surface area (Å²) >= 11 is 6.22. The van der Waals surface area contributed by atoms with Crippen LogP contribution in [0.2, 0.25) is 5.02 Å². The Balaban J connectivity index is 1.72. The number of nitrogens with zero attached hydrogens (tertiary/aromatic N) is 1. The van der Waals surface area contributed by atoms with Crippen LogP contribution in [0.5, 0.6) is 0 Å². The van der Waals surface area contributed by atoms with Crippen LogP contribution in [0.3, 0.4) is 0 Å². The first kappa shape index (κ1) is 21.9. The molecule has 1 heterocycles. The molecule has 0 saturated heterocycles. The van der Waals surface area contributed by atoms with Gasteiger partial charge >= 0.3 is 6.18 Å². The lowest BCUT2D eigenvalue weighted by Gasteiger charge is -2.36. The molecule has 0 bridgehead atoms. The van der Waals surface area contributed by atoms with Crippen LogP contribution in [0.25, 0.3) is 0 Å². The van der Waals surface area contributed by atoms with E-state index in [4.69, 9.17) is 11.6 Å². The van der Waals surface area contributed by atoms with Gasteiger partial charge in [0.25, 0.3) is 5.91 Å². The summed E-state index contributed by atoms with van der Waals surface area (Å²) < 4.78 is 40.1. The Morgan fingerprint density at radius 1 is 0.938 bits per heavy atom. The molecule has 32 heavy (non-hydrogen) atoms. The van der Waals surface area contributed by atoms with Crippen molar-refractivity contribution in [2.45, 2.75) is 25.1 Å². The Morgan fingerprint density at radius 2 is 1.59 bits per heavy atom. The summed E-state index contributed by atoms with van der Waals surface area (Å²) in [5.41, 5.74) is 0.308. The van der Waals surface area contributed by atoms with E-state index in [2.05, 4.69) is 5.32 Å². The number of hydrogen-bond acceptors (Lipinski definition) is 2. The van der Waals surface area contributed by atoms with E-state index in [1.165, 1.54) is 23.1 Å². The predicted octanol–water partition coefficient (Wildman–Crippen LogP) is 5.96. The fourth-order valence-corrected chi connectivity index (χ4v) is 4.08. The number of aryl methyl sites for hydroxylation is 1. The summed E-state index contributed by atoms with van der Waals surface area (Å²) in [6, 6.07) is 17.4. The van der Waals surface area contributed by atoms with Gasteiger partial charge in [-0.25, -0.2) is 0 Å². The lowest BCUT2D eigenvalue weighted by molar-refractivity contribution is -0.137. The number of para-hydroxylation sites is 2.